The van der Waals surface area contributed by atoms with E-state index in [1.165, 1.54) is 0 Å². The minimum atomic E-state index is 0.0372. The Kier molecular flexibility index (Phi) is 5.05. The average molecular weight is 378 g/mol. The van der Waals surface area contributed by atoms with E-state index in [9.17, 15) is 0 Å². The number of hydrogen-bond donors (Lipinski definition) is 2. The SMILES string of the molecule is Cc1cc(N)cc([C@@H](C)Nc2nnc(C)c3ccc(O[C@H]4CCOC4)cc23)c1. The second-order valence-electron chi connectivity index (χ2n) is 7.49. The molecule has 0 bridgehead atoms. The van der Waals surface area contributed by atoms with Crippen molar-refractivity contribution >= 4 is 22.3 Å². The third kappa shape index (κ3) is 3.87. The van der Waals surface area contributed by atoms with Gasteiger partial charge in [-0.15, -0.1) is 5.10 Å². The number of nitrogen functional groups attached to an aromatic ring is 1. The standard InChI is InChI=1S/C22H26N4O2/c1-13-8-16(10-17(23)9-13)14(2)24-22-21-11-18(28-19-6-7-27-12-19)4-5-20(21)15(3)25-26-22/h4-5,8-11,14,19H,6-7,12,23H2,1-3H3,(H,24,26)/t14-,19+/m1/s1. The number of benzene rings is 2. The molecule has 0 radical (unpaired) electrons. The normalized spacial score (nSPS) is 17.6. The van der Waals surface area contributed by atoms with Crippen LogP contribution in [0.25, 0.3) is 10.8 Å². The Morgan fingerprint density at radius 1 is 1.14 bits per heavy atom. The van der Waals surface area contributed by atoms with Crippen molar-refractivity contribution in [2.45, 2.75) is 39.3 Å². The van der Waals surface area contributed by atoms with E-state index in [1.807, 2.05) is 44.2 Å². The first-order valence-electron chi connectivity index (χ1n) is 9.64. The summed E-state index contributed by atoms with van der Waals surface area (Å²) in [6, 6.07) is 12.2. The fourth-order valence-corrected chi connectivity index (χ4v) is 3.63. The van der Waals surface area contributed by atoms with E-state index in [1.54, 1.807) is 0 Å². The molecule has 0 amide bonds. The first kappa shape index (κ1) is 18.5. The number of hydrogen-bond acceptors (Lipinski definition) is 6. The molecule has 4 rings (SSSR count). The number of aromatic nitrogens is 2. The van der Waals surface area contributed by atoms with Gasteiger partial charge < -0.3 is 20.5 Å². The van der Waals surface area contributed by atoms with Crippen LogP contribution in [0.4, 0.5) is 11.5 Å². The summed E-state index contributed by atoms with van der Waals surface area (Å²) in [5.41, 5.74) is 9.92. The van der Waals surface area contributed by atoms with Gasteiger partial charge in [-0.05, 0) is 62.2 Å². The highest BCUT2D eigenvalue weighted by molar-refractivity contribution is 5.94. The van der Waals surface area contributed by atoms with E-state index in [4.69, 9.17) is 15.2 Å². The topological polar surface area (TPSA) is 82.3 Å². The molecule has 0 aliphatic carbocycles. The lowest BCUT2D eigenvalue weighted by Gasteiger charge is -2.18. The van der Waals surface area contributed by atoms with Gasteiger partial charge in [-0.25, -0.2) is 0 Å². The Balaban J connectivity index is 1.66. The second-order valence-corrected chi connectivity index (χ2v) is 7.49. The molecule has 2 atom stereocenters. The van der Waals surface area contributed by atoms with Gasteiger partial charge in [0.25, 0.3) is 0 Å². The molecule has 146 valence electrons. The number of nitrogens with two attached hydrogens (primary N) is 1. The lowest BCUT2D eigenvalue weighted by atomic mass is 10.0. The molecule has 6 heteroatoms. The van der Waals surface area contributed by atoms with E-state index in [0.717, 1.165) is 57.9 Å². The van der Waals surface area contributed by atoms with E-state index >= 15 is 0 Å². The number of ether oxygens (including phenoxy) is 2. The summed E-state index contributed by atoms with van der Waals surface area (Å²) >= 11 is 0. The largest absolute Gasteiger partial charge is 0.488 e. The van der Waals surface area contributed by atoms with Crippen LogP contribution in [0.2, 0.25) is 0 Å². The first-order valence-corrected chi connectivity index (χ1v) is 9.64. The van der Waals surface area contributed by atoms with Crippen LogP contribution in [0.5, 0.6) is 5.75 Å². The summed E-state index contributed by atoms with van der Waals surface area (Å²) < 4.78 is 11.5. The van der Waals surface area contributed by atoms with Gasteiger partial charge in [0.1, 0.15) is 11.9 Å². The Bertz CT molecular complexity index is 979. The first-order chi connectivity index (χ1) is 13.5. The average Bonchev–Trinajstić information content (AvgIpc) is 3.16. The van der Waals surface area contributed by atoms with Crippen LogP contribution in [-0.2, 0) is 4.74 Å². The summed E-state index contributed by atoms with van der Waals surface area (Å²) in [6.07, 6.45) is 1.03. The number of rotatable bonds is 5. The van der Waals surface area contributed by atoms with Gasteiger partial charge in [0.05, 0.1) is 24.9 Å². The Labute approximate surface area is 165 Å². The monoisotopic (exact) mass is 378 g/mol. The molecule has 0 unspecified atom stereocenters. The fourth-order valence-electron chi connectivity index (χ4n) is 3.63. The summed E-state index contributed by atoms with van der Waals surface area (Å²) in [5.74, 6) is 1.56. The van der Waals surface area contributed by atoms with Gasteiger partial charge in [-0.3, -0.25) is 0 Å². The lowest BCUT2D eigenvalue weighted by molar-refractivity contribution is 0.141. The second kappa shape index (κ2) is 7.64. The van der Waals surface area contributed by atoms with E-state index in [2.05, 4.69) is 28.5 Å². The Morgan fingerprint density at radius 2 is 2.00 bits per heavy atom. The van der Waals surface area contributed by atoms with Gasteiger partial charge in [-0.2, -0.15) is 5.10 Å². The van der Waals surface area contributed by atoms with Crippen LogP contribution >= 0.6 is 0 Å². The summed E-state index contributed by atoms with van der Waals surface area (Å²) in [5, 5.41) is 14.3. The minimum Gasteiger partial charge on any atom is -0.488 e. The van der Waals surface area contributed by atoms with Crippen molar-refractivity contribution in [1.29, 1.82) is 0 Å². The zero-order valence-electron chi connectivity index (χ0n) is 16.5. The molecule has 0 saturated carbocycles. The molecule has 1 saturated heterocycles. The Hall–Kier alpha value is -2.86. The predicted molar refractivity (Wildman–Crippen MR) is 112 cm³/mol. The fraction of sp³-hybridized carbons (Fsp3) is 0.364. The van der Waals surface area contributed by atoms with Crippen molar-refractivity contribution < 1.29 is 9.47 Å². The highest BCUT2D eigenvalue weighted by Crippen LogP contribution is 2.31. The van der Waals surface area contributed by atoms with Gasteiger partial charge in [-0.1, -0.05) is 6.07 Å². The summed E-state index contributed by atoms with van der Waals surface area (Å²) in [6.45, 7) is 7.51. The van der Waals surface area contributed by atoms with Crippen LogP contribution in [0.3, 0.4) is 0 Å². The van der Waals surface area contributed by atoms with Gasteiger partial charge in [0.2, 0.25) is 0 Å². The number of fused-ring (bicyclic) bond motifs is 1. The van der Waals surface area contributed by atoms with Crippen molar-refractivity contribution in [2.24, 2.45) is 0 Å². The van der Waals surface area contributed by atoms with Gasteiger partial charge >= 0.3 is 0 Å². The predicted octanol–water partition coefficient (Wildman–Crippen LogP) is 4.17. The quantitative estimate of drug-likeness (QED) is 0.649. The lowest BCUT2D eigenvalue weighted by Crippen LogP contribution is -2.15. The maximum Gasteiger partial charge on any atom is 0.157 e. The van der Waals surface area contributed by atoms with Crippen LogP contribution in [0, 0.1) is 13.8 Å². The third-order valence-electron chi connectivity index (χ3n) is 5.10. The van der Waals surface area contributed by atoms with E-state index in [0.29, 0.717) is 6.61 Å². The molecule has 6 nitrogen and oxygen atoms in total. The Morgan fingerprint density at radius 3 is 2.75 bits per heavy atom. The highest BCUT2D eigenvalue weighted by atomic mass is 16.5. The third-order valence-corrected chi connectivity index (χ3v) is 5.10. The number of nitrogens with one attached hydrogen (secondary N) is 1. The summed E-state index contributed by atoms with van der Waals surface area (Å²) in [7, 11) is 0. The molecular weight excluding hydrogens is 352 g/mol. The summed E-state index contributed by atoms with van der Waals surface area (Å²) in [4.78, 5) is 0. The number of aryl methyl sites for hydroxylation is 2. The zero-order valence-corrected chi connectivity index (χ0v) is 16.5. The molecule has 1 aliphatic rings. The molecule has 3 N–H and O–H groups in total. The van der Waals surface area contributed by atoms with Crippen LogP contribution in [-0.4, -0.2) is 29.5 Å². The molecule has 1 aromatic heterocycles. The maximum absolute atomic E-state index is 6.08. The molecule has 1 fully saturated rings. The van der Waals surface area contributed by atoms with E-state index < -0.39 is 0 Å². The molecule has 2 aromatic carbocycles. The van der Waals surface area contributed by atoms with Crippen molar-refractivity contribution in [3.8, 4) is 5.75 Å². The molecule has 0 spiro atoms. The van der Waals surface area contributed by atoms with Crippen LogP contribution in [0.15, 0.2) is 36.4 Å². The molecule has 1 aliphatic heterocycles. The van der Waals surface area contributed by atoms with Gasteiger partial charge in [0.15, 0.2) is 5.82 Å². The van der Waals surface area contributed by atoms with Gasteiger partial charge in [0, 0.05) is 22.9 Å². The van der Waals surface area contributed by atoms with E-state index in [-0.39, 0.29) is 12.1 Å². The number of nitrogens with zero attached hydrogens (tertiary/aromatic N) is 2. The van der Waals surface area contributed by atoms with Crippen molar-refractivity contribution in [1.82, 2.24) is 10.2 Å². The van der Waals surface area contributed by atoms with Crippen molar-refractivity contribution in [3.05, 3.63) is 53.2 Å². The van der Waals surface area contributed by atoms with Crippen LogP contribution < -0.4 is 15.8 Å². The smallest absolute Gasteiger partial charge is 0.157 e. The molecule has 3 aromatic rings. The van der Waals surface area contributed by atoms with Crippen molar-refractivity contribution in [2.75, 3.05) is 24.3 Å². The molecular formula is C22H26N4O2. The number of anilines is 2. The van der Waals surface area contributed by atoms with Crippen LogP contribution in [0.1, 0.15) is 36.2 Å². The zero-order chi connectivity index (χ0) is 19.7. The maximum atomic E-state index is 6.08. The van der Waals surface area contributed by atoms with Crippen molar-refractivity contribution in [3.63, 3.8) is 0 Å². The molecule has 28 heavy (non-hydrogen) atoms. The minimum absolute atomic E-state index is 0.0372. The highest BCUT2D eigenvalue weighted by Gasteiger charge is 2.18. The molecule has 2 heterocycles.